The highest BCUT2D eigenvalue weighted by molar-refractivity contribution is 7.47. The topological polar surface area (TPSA) is 117 Å². The molecule has 0 saturated heterocycles. The molecule has 0 radical (unpaired) electrons. The first-order chi connectivity index (χ1) is 23.4. The van der Waals surface area contributed by atoms with E-state index in [1.54, 1.807) is 6.26 Å². The van der Waals surface area contributed by atoms with E-state index in [1.807, 2.05) is 6.08 Å². The summed E-state index contributed by atoms with van der Waals surface area (Å²) in [7, 11) is -4.26. The number of hydrogen-bond donors (Lipinski definition) is 2. The number of allylic oxidation sites excluding steroid dienone is 5. The maximum Gasteiger partial charge on any atom is 0.472 e. The lowest BCUT2D eigenvalue weighted by Gasteiger charge is -2.19. The van der Waals surface area contributed by atoms with Crippen molar-refractivity contribution in [3.05, 3.63) is 36.6 Å². The Labute approximate surface area is 295 Å². The number of esters is 1. The van der Waals surface area contributed by atoms with E-state index < -0.39 is 13.9 Å². The van der Waals surface area contributed by atoms with Gasteiger partial charge in [-0.3, -0.25) is 13.8 Å². The summed E-state index contributed by atoms with van der Waals surface area (Å²) >= 11 is 0. The van der Waals surface area contributed by atoms with Crippen molar-refractivity contribution in [1.82, 2.24) is 0 Å². The van der Waals surface area contributed by atoms with Crippen molar-refractivity contribution < 1.29 is 32.8 Å². The Kier molecular flexibility index (Phi) is 35.7. The number of ether oxygens (including phenoxy) is 2. The van der Waals surface area contributed by atoms with Gasteiger partial charge in [-0.15, -0.1) is 0 Å². The quantitative estimate of drug-likeness (QED) is 0.0216. The molecule has 0 bridgehead atoms. The summed E-state index contributed by atoms with van der Waals surface area (Å²) in [5.41, 5.74) is 5.35. The van der Waals surface area contributed by atoms with Gasteiger partial charge in [0.1, 0.15) is 6.61 Å². The summed E-state index contributed by atoms with van der Waals surface area (Å²) in [6.07, 6.45) is 41.1. The van der Waals surface area contributed by atoms with Crippen LogP contribution in [0.1, 0.15) is 174 Å². The molecule has 0 spiro atoms. The van der Waals surface area contributed by atoms with E-state index in [2.05, 4.69) is 38.2 Å². The molecule has 0 fully saturated rings. The van der Waals surface area contributed by atoms with Gasteiger partial charge in [0.15, 0.2) is 6.10 Å². The second-order valence-corrected chi connectivity index (χ2v) is 14.3. The van der Waals surface area contributed by atoms with Gasteiger partial charge in [0.25, 0.3) is 0 Å². The highest BCUT2D eigenvalue weighted by Gasteiger charge is 2.24. The summed E-state index contributed by atoms with van der Waals surface area (Å²) in [6, 6.07) is 0. The molecule has 0 aliphatic rings. The van der Waals surface area contributed by atoms with E-state index in [0.29, 0.717) is 6.42 Å². The van der Waals surface area contributed by atoms with E-state index in [-0.39, 0.29) is 32.3 Å². The molecule has 0 saturated carbocycles. The smallest absolute Gasteiger partial charge is 0.472 e. The lowest BCUT2D eigenvalue weighted by molar-refractivity contribution is -0.147. The van der Waals surface area contributed by atoms with Gasteiger partial charge in [0, 0.05) is 13.0 Å². The van der Waals surface area contributed by atoms with Crippen LogP contribution in [0.4, 0.5) is 0 Å². The highest BCUT2D eigenvalue weighted by Crippen LogP contribution is 2.43. The summed E-state index contributed by atoms with van der Waals surface area (Å²) in [5, 5.41) is 0. The van der Waals surface area contributed by atoms with Gasteiger partial charge in [-0.05, 0) is 76.7 Å². The SMILES string of the molecule is CCCCCCC=CCCCCCCCCC=CO[C@H](COC(=O)CCCCCCCC=CCCCCCC)COP(=O)(O)OCCN. The first-order valence-corrected chi connectivity index (χ1v) is 21.0. The molecule has 282 valence electrons. The first kappa shape index (κ1) is 46.6. The second-order valence-electron chi connectivity index (χ2n) is 12.8. The average Bonchev–Trinajstić information content (AvgIpc) is 3.08. The van der Waals surface area contributed by atoms with E-state index in [9.17, 15) is 14.3 Å². The van der Waals surface area contributed by atoms with Gasteiger partial charge >= 0.3 is 13.8 Å². The maximum atomic E-state index is 12.3. The minimum Gasteiger partial charge on any atom is -0.492 e. The maximum absolute atomic E-state index is 12.3. The van der Waals surface area contributed by atoms with E-state index in [1.165, 1.54) is 116 Å². The first-order valence-electron chi connectivity index (χ1n) is 19.5. The fourth-order valence-electron chi connectivity index (χ4n) is 5.14. The standard InChI is InChI=1S/C39H74NO7P/c1-3-5-7-9-11-13-15-17-18-19-21-23-25-27-29-31-34-44-38(37-47-48(42,43)46-35-33-40)36-45-39(41)32-30-28-26-24-22-20-16-14-12-10-8-6-4-2/h13-16,31,34,38H,3-12,17-30,32-33,35-37,40H2,1-2H3,(H,42,43)/t38-/m1/s1. The van der Waals surface area contributed by atoms with Crippen molar-refractivity contribution in [1.29, 1.82) is 0 Å². The van der Waals surface area contributed by atoms with E-state index >= 15 is 0 Å². The normalized spacial score (nSPS) is 13.9. The van der Waals surface area contributed by atoms with Gasteiger partial charge in [-0.2, -0.15) is 0 Å². The third-order valence-electron chi connectivity index (χ3n) is 8.12. The van der Waals surface area contributed by atoms with Gasteiger partial charge in [-0.1, -0.05) is 122 Å². The zero-order valence-electron chi connectivity index (χ0n) is 31.0. The Morgan fingerprint density at radius 1 is 0.625 bits per heavy atom. The number of phosphoric ester groups is 1. The van der Waals surface area contributed by atoms with Gasteiger partial charge in [0.2, 0.25) is 0 Å². The Bertz CT molecular complexity index is 833. The van der Waals surface area contributed by atoms with E-state index in [4.69, 9.17) is 24.3 Å². The van der Waals surface area contributed by atoms with Gasteiger partial charge in [-0.25, -0.2) is 4.57 Å². The Morgan fingerprint density at radius 3 is 1.54 bits per heavy atom. The minimum absolute atomic E-state index is 0.0705. The average molecular weight is 700 g/mol. The number of hydrogen-bond acceptors (Lipinski definition) is 7. The molecule has 9 heteroatoms. The zero-order chi connectivity index (χ0) is 35.2. The molecule has 0 rings (SSSR count). The third-order valence-corrected chi connectivity index (χ3v) is 9.10. The van der Waals surface area contributed by atoms with Crippen LogP contribution >= 0.6 is 7.82 Å². The van der Waals surface area contributed by atoms with Gasteiger partial charge < -0.3 is 20.1 Å². The van der Waals surface area contributed by atoms with Crippen LogP contribution in [0.15, 0.2) is 36.6 Å². The van der Waals surface area contributed by atoms with Crippen LogP contribution in [0.25, 0.3) is 0 Å². The molecule has 3 N–H and O–H groups in total. The van der Waals surface area contributed by atoms with Crippen molar-refractivity contribution in [2.75, 3.05) is 26.4 Å². The monoisotopic (exact) mass is 700 g/mol. The lowest BCUT2D eigenvalue weighted by Crippen LogP contribution is -2.25. The predicted molar refractivity (Wildman–Crippen MR) is 201 cm³/mol. The van der Waals surface area contributed by atoms with Crippen LogP contribution in [0.5, 0.6) is 0 Å². The molecule has 48 heavy (non-hydrogen) atoms. The molecule has 0 heterocycles. The molecule has 1 unspecified atom stereocenters. The Hall–Kier alpha value is -1.44. The van der Waals surface area contributed by atoms with Crippen molar-refractivity contribution in [3.63, 3.8) is 0 Å². The summed E-state index contributed by atoms with van der Waals surface area (Å²) < 4.78 is 33.1. The van der Waals surface area contributed by atoms with Crippen molar-refractivity contribution >= 4 is 13.8 Å². The largest absolute Gasteiger partial charge is 0.492 e. The van der Waals surface area contributed by atoms with Crippen molar-refractivity contribution in [2.24, 2.45) is 5.73 Å². The number of rotatable bonds is 37. The van der Waals surface area contributed by atoms with Crippen LogP contribution in [-0.2, 0) is 27.9 Å². The zero-order valence-corrected chi connectivity index (χ0v) is 31.9. The minimum atomic E-state index is -4.26. The fourth-order valence-corrected chi connectivity index (χ4v) is 5.91. The molecule has 0 amide bonds. The van der Waals surface area contributed by atoms with Crippen LogP contribution in [0.3, 0.4) is 0 Å². The van der Waals surface area contributed by atoms with E-state index in [0.717, 1.165) is 38.5 Å². The number of carbonyl (C=O) groups is 1. The Balaban J connectivity index is 4.16. The van der Waals surface area contributed by atoms with Crippen LogP contribution in [0, 0.1) is 0 Å². The molecule has 0 aromatic carbocycles. The molecule has 0 aliphatic carbocycles. The molecular formula is C39H74NO7P. The van der Waals surface area contributed by atoms with Crippen LogP contribution in [-0.4, -0.2) is 43.3 Å². The van der Waals surface area contributed by atoms with Crippen molar-refractivity contribution in [2.45, 2.75) is 180 Å². The predicted octanol–water partition coefficient (Wildman–Crippen LogP) is 11.4. The molecule has 8 nitrogen and oxygen atoms in total. The summed E-state index contributed by atoms with van der Waals surface area (Å²) in [6.45, 7) is 4.17. The molecule has 0 aliphatic heterocycles. The van der Waals surface area contributed by atoms with Gasteiger partial charge in [0.05, 0.1) is 19.5 Å². The summed E-state index contributed by atoms with van der Waals surface area (Å²) in [4.78, 5) is 22.2. The van der Waals surface area contributed by atoms with Crippen LogP contribution in [0.2, 0.25) is 0 Å². The number of nitrogens with two attached hydrogens (primary N) is 1. The fraction of sp³-hybridized carbons (Fsp3) is 0.821. The number of phosphoric acid groups is 1. The third kappa shape index (κ3) is 35.9. The summed E-state index contributed by atoms with van der Waals surface area (Å²) in [5.74, 6) is -0.302. The molecule has 2 atom stereocenters. The number of unbranched alkanes of at least 4 members (excludes halogenated alkanes) is 20. The second kappa shape index (κ2) is 36.8. The molecule has 0 aromatic heterocycles. The lowest BCUT2D eigenvalue weighted by atomic mass is 10.1. The van der Waals surface area contributed by atoms with Crippen molar-refractivity contribution in [3.8, 4) is 0 Å². The Morgan fingerprint density at radius 2 is 1.06 bits per heavy atom. The highest BCUT2D eigenvalue weighted by atomic mass is 31.2. The number of carbonyl (C=O) groups excluding carboxylic acids is 1. The molecule has 0 aromatic rings. The van der Waals surface area contributed by atoms with Crippen LogP contribution < -0.4 is 5.73 Å². The molecular weight excluding hydrogens is 625 g/mol.